The molecule has 134 valence electrons. The topological polar surface area (TPSA) is 52.4 Å². The highest BCUT2D eigenvalue weighted by Crippen LogP contribution is 2.31. The second-order valence-electron chi connectivity index (χ2n) is 4.53. The molecule has 6 heteroatoms. The summed E-state index contributed by atoms with van der Waals surface area (Å²) in [6.45, 7) is 5.63. The van der Waals surface area contributed by atoms with E-state index in [4.69, 9.17) is 16.3 Å². The minimum absolute atomic E-state index is 0. The third-order valence-electron chi connectivity index (χ3n) is 2.76. The number of nitrogens with zero attached hydrogens (tertiary/aromatic N) is 1. The summed E-state index contributed by atoms with van der Waals surface area (Å²) in [5.74, 6) is -0.897. The van der Waals surface area contributed by atoms with Crippen LogP contribution in [0.15, 0.2) is 67.3 Å². The van der Waals surface area contributed by atoms with Gasteiger partial charge in [-0.05, 0) is 12.5 Å². The van der Waals surface area contributed by atoms with Crippen molar-refractivity contribution < 1.29 is 14.1 Å². The zero-order valence-corrected chi connectivity index (χ0v) is 13.9. The Morgan fingerprint density at radius 1 is 1.32 bits per heavy atom. The first kappa shape index (κ1) is 22.3. The number of rotatable bonds is 5. The second-order valence-corrected chi connectivity index (χ2v) is 4.93. The molecule has 0 N–H and O–H groups in total. The van der Waals surface area contributed by atoms with Crippen LogP contribution in [-0.4, -0.2) is 4.92 Å². The molecule has 0 aliphatic rings. The van der Waals surface area contributed by atoms with E-state index < -0.39 is 16.4 Å². The van der Waals surface area contributed by atoms with E-state index in [0.717, 1.165) is 17.7 Å². The van der Waals surface area contributed by atoms with Crippen LogP contribution in [0.25, 0.3) is 0 Å². The fourth-order valence-corrected chi connectivity index (χ4v) is 1.85. The quantitative estimate of drug-likeness (QED) is 0.352. The smallest absolute Gasteiger partial charge is 0.306 e. The van der Waals surface area contributed by atoms with E-state index in [0.29, 0.717) is 0 Å². The van der Waals surface area contributed by atoms with Crippen LogP contribution >= 0.6 is 11.6 Å². The lowest BCUT2D eigenvalue weighted by Crippen LogP contribution is -1.98. The minimum Gasteiger partial charge on any atom is -0.487 e. The van der Waals surface area contributed by atoms with Crippen LogP contribution in [0.5, 0.6) is 5.75 Å². The lowest BCUT2D eigenvalue weighted by Gasteiger charge is -2.08. The van der Waals surface area contributed by atoms with E-state index >= 15 is 0 Å². The Hall–Kier alpha value is -2.66. The van der Waals surface area contributed by atoms with Crippen LogP contribution in [0.1, 0.15) is 19.9 Å². The first-order valence-electron chi connectivity index (χ1n) is 7.03. The van der Waals surface area contributed by atoms with Gasteiger partial charge in [0.1, 0.15) is 12.4 Å². The summed E-state index contributed by atoms with van der Waals surface area (Å²) in [6, 6.07) is 11.1. The van der Waals surface area contributed by atoms with Crippen LogP contribution in [0, 0.1) is 15.9 Å². The Balaban J connectivity index is 0.000000848. The fraction of sp³-hybridized carbons (Fsp3) is 0.158. The maximum atomic E-state index is 13.4. The van der Waals surface area contributed by atoms with Gasteiger partial charge in [-0.3, -0.25) is 10.1 Å². The molecule has 0 saturated carbocycles. The average Bonchev–Trinajstić information content (AvgIpc) is 2.57. The summed E-state index contributed by atoms with van der Waals surface area (Å²) in [6.07, 6.45) is 5.58. The van der Waals surface area contributed by atoms with Crippen LogP contribution < -0.4 is 4.74 Å². The number of hydrogen-bond acceptors (Lipinski definition) is 3. The zero-order chi connectivity index (χ0) is 17.9. The Morgan fingerprint density at radius 3 is 2.44 bits per heavy atom. The molecule has 0 amide bonds. The maximum Gasteiger partial charge on any atom is 0.306 e. The summed E-state index contributed by atoms with van der Waals surface area (Å²) in [7, 11) is 0. The summed E-state index contributed by atoms with van der Waals surface area (Å²) >= 11 is 5.82. The van der Waals surface area contributed by atoms with Gasteiger partial charge in [0.15, 0.2) is 0 Å². The highest BCUT2D eigenvalue weighted by Gasteiger charge is 2.18. The van der Waals surface area contributed by atoms with Gasteiger partial charge in [0.2, 0.25) is 5.82 Å². The predicted molar refractivity (Wildman–Crippen MR) is 101 cm³/mol. The minimum atomic E-state index is -0.975. The number of allylic oxidation sites excluding steroid dienone is 3. The number of nitro groups is 1. The van der Waals surface area contributed by atoms with Crippen molar-refractivity contribution in [1.82, 2.24) is 0 Å². The molecule has 0 heterocycles. The zero-order valence-electron chi connectivity index (χ0n) is 13.1. The third-order valence-corrected chi connectivity index (χ3v) is 3.06. The lowest BCUT2D eigenvalue weighted by atomic mass is 10.2. The summed E-state index contributed by atoms with van der Waals surface area (Å²) in [5, 5.41) is 10.5. The van der Waals surface area contributed by atoms with E-state index in [1.54, 1.807) is 6.08 Å². The Bertz CT molecular complexity index is 718. The van der Waals surface area contributed by atoms with Crippen molar-refractivity contribution in [3.8, 4) is 5.75 Å². The number of benzene rings is 2. The van der Waals surface area contributed by atoms with Gasteiger partial charge in [0.05, 0.1) is 9.95 Å². The predicted octanol–water partition coefficient (Wildman–Crippen LogP) is 6.35. The largest absolute Gasteiger partial charge is 0.487 e. The molecule has 0 atom stereocenters. The van der Waals surface area contributed by atoms with E-state index in [-0.39, 0.29) is 24.8 Å². The molecule has 25 heavy (non-hydrogen) atoms. The van der Waals surface area contributed by atoms with Crippen molar-refractivity contribution in [3.63, 3.8) is 0 Å². The monoisotopic (exact) mass is 365 g/mol. The molecule has 0 spiro atoms. The number of halogens is 2. The van der Waals surface area contributed by atoms with Crippen molar-refractivity contribution in [1.29, 1.82) is 0 Å². The van der Waals surface area contributed by atoms with Crippen LogP contribution in [0.2, 0.25) is 5.02 Å². The first-order valence-corrected chi connectivity index (χ1v) is 7.41. The number of nitro benzene ring substituents is 1. The van der Waals surface area contributed by atoms with Gasteiger partial charge >= 0.3 is 5.69 Å². The van der Waals surface area contributed by atoms with E-state index in [9.17, 15) is 14.5 Å². The van der Waals surface area contributed by atoms with Crippen molar-refractivity contribution in [2.24, 2.45) is 0 Å². The number of hydrogen-bond donors (Lipinski definition) is 0. The molecule has 0 aliphatic carbocycles. The summed E-state index contributed by atoms with van der Waals surface area (Å²) in [4.78, 5) is 9.70. The maximum absolute atomic E-state index is 13.4. The Morgan fingerprint density at radius 2 is 1.96 bits per heavy atom. The molecule has 0 fully saturated rings. The van der Waals surface area contributed by atoms with Crippen LogP contribution in [0.4, 0.5) is 10.1 Å². The molecular weight excluding hydrogens is 345 g/mol. The highest BCUT2D eigenvalue weighted by atomic mass is 35.5. The van der Waals surface area contributed by atoms with Crippen molar-refractivity contribution in [2.75, 3.05) is 0 Å². The molecular formula is C19H21ClFNO3. The first-order chi connectivity index (χ1) is 11.5. The van der Waals surface area contributed by atoms with Gasteiger partial charge in [-0.2, -0.15) is 4.39 Å². The Labute approximate surface area is 152 Å². The molecule has 0 aliphatic heterocycles. The molecule has 0 radical (unpaired) electrons. The SMILES string of the molecule is C.C=C/C=C\C.O=[N+]([O-])c1cc(Cl)c(OCc2ccccc2)cc1F. The molecule has 0 unspecified atom stereocenters. The second kappa shape index (κ2) is 11.8. The number of ether oxygens (including phenoxy) is 1. The summed E-state index contributed by atoms with van der Waals surface area (Å²) < 4.78 is 18.8. The van der Waals surface area contributed by atoms with Crippen molar-refractivity contribution >= 4 is 17.3 Å². The molecule has 0 aromatic heterocycles. The van der Waals surface area contributed by atoms with E-state index in [1.165, 1.54) is 0 Å². The molecule has 2 aromatic carbocycles. The molecule has 0 bridgehead atoms. The van der Waals surface area contributed by atoms with Crippen LogP contribution in [-0.2, 0) is 6.61 Å². The lowest BCUT2D eigenvalue weighted by molar-refractivity contribution is -0.387. The third kappa shape index (κ3) is 7.63. The van der Waals surface area contributed by atoms with Gasteiger partial charge in [0, 0.05) is 12.1 Å². The normalized spacial score (nSPS) is 9.56. The average molecular weight is 366 g/mol. The van der Waals surface area contributed by atoms with Gasteiger partial charge < -0.3 is 4.74 Å². The van der Waals surface area contributed by atoms with Gasteiger partial charge in [-0.15, -0.1) is 0 Å². The fourth-order valence-electron chi connectivity index (χ4n) is 1.64. The van der Waals surface area contributed by atoms with Crippen molar-refractivity contribution in [2.45, 2.75) is 21.0 Å². The molecule has 0 saturated heterocycles. The van der Waals surface area contributed by atoms with Gasteiger partial charge in [-0.25, -0.2) is 0 Å². The molecule has 2 rings (SSSR count). The van der Waals surface area contributed by atoms with E-state index in [1.807, 2.05) is 49.4 Å². The van der Waals surface area contributed by atoms with Crippen molar-refractivity contribution in [3.05, 3.63) is 93.8 Å². The highest BCUT2D eigenvalue weighted by molar-refractivity contribution is 6.32. The van der Waals surface area contributed by atoms with Crippen LogP contribution in [0.3, 0.4) is 0 Å². The Kier molecular flexibility index (Phi) is 10.6. The summed E-state index contributed by atoms with van der Waals surface area (Å²) in [5.41, 5.74) is 0.217. The standard InChI is InChI=1S/C13H9ClFNO3.C5H8.CH4/c14-10-6-12(16(17)18)11(15)7-13(10)19-8-9-4-2-1-3-5-9;1-3-5-4-2;/h1-7H,8H2;3-5H,1H2,2H3;1H4/b;5-4-;. The van der Waals surface area contributed by atoms with Gasteiger partial charge in [0.25, 0.3) is 0 Å². The van der Waals surface area contributed by atoms with E-state index in [2.05, 4.69) is 6.58 Å². The molecule has 4 nitrogen and oxygen atoms in total. The van der Waals surface area contributed by atoms with Gasteiger partial charge in [-0.1, -0.05) is 74.2 Å². The molecule has 2 aromatic rings.